The molecule has 0 saturated carbocycles. The first-order valence-corrected chi connectivity index (χ1v) is 8.51. The summed E-state index contributed by atoms with van der Waals surface area (Å²) in [5.74, 6) is 1.37. The van der Waals surface area contributed by atoms with E-state index < -0.39 is 0 Å². The zero-order valence-electron chi connectivity index (χ0n) is 13.9. The molecule has 6 heteroatoms. The van der Waals surface area contributed by atoms with E-state index in [-0.39, 0.29) is 6.10 Å². The topological polar surface area (TPSA) is 73.1 Å². The largest absolute Gasteiger partial charge is 0.480 e. The van der Waals surface area contributed by atoms with Crippen LogP contribution in [-0.2, 0) is 13.0 Å². The van der Waals surface area contributed by atoms with Crippen LogP contribution in [0.4, 0.5) is 6.01 Å². The monoisotopic (exact) mass is 344 g/mol. The fourth-order valence-corrected chi connectivity index (χ4v) is 3.24. The second-order valence-corrected chi connectivity index (χ2v) is 6.21. The van der Waals surface area contributed by atoms with E-state index >= 15 is 0 Å². The molecule has 0 fully saturated rings. The third-order valence-corrected chi connectivity index (χ3v) is 4.51. The van der Waals surface area contributed by atoms with Crippen LogP contribution in [0.2, 0.25) is 0 Å². The zero-order valence-corrected chi connectivity index (χ0v) is 13.9. The number of nitrogens with zero attached hydrogens (tertiary/aromatic N) is 3. The molecule has 26 heavy (non-hydrogen) atoms. The first-order chi connectivity index (χ1) is 12.9. The molecule has 5 rings (SSSR count). The number of pyridine rings is 1. The second kappa shape index (κ2) is 6.15. The molecule has 0 saturated heterocycles. The number of fused-ring (bicyclic) bond motifs is 2. The Morgan fingerprint density at radius 3 is 2.88 bits per heavy atom. The van der Waals surface area contributed by atoms with Crippen LogP contribution in [-0.4, -0.2) is 15.2 Å². The highest BCUT2D eigenvalue weighted by Crippen LogP contribution is 2.36. The second-order valence-electron chi connectivity index (χ2n) is 6.21. The standard InChI is InChI=1S/C20H16N4O2/c1-2-9-16-14(5-1)11-17(25-16)19-23-24-20(26-19)22-12-15-7-3-6-13-8-4-10-21-18(13)15/h1-10,17H,11-12H2,(H,22,24)/t17-/m0/s1. The van der Waals surface area contributed by atoms with Crippen molar-refractivity contribution in [3.05, 3.63) is 77.8 Å². The summed E-state index contributed by atoms with van der Waals surface area (Å²) < 4.78 is 11.6. The lowest BCUT2D eigenvalue weighted by Crippen LogP contribution is -2.03. The van der Waals surface area contributed by atoms with Crippen molar-refractivity contribution in [3.8, 4) is 5.75 Å². The van der Waals surface area contributed by atoms with Crippen LogP contribution >= 0.6 is 0 Å². The molecule has 0 unspecified atom stereocenters. The van der Waals surface area contributed by atoms with Gasteiger partial charge in [-0.25, -0.2) is 0 Å². The Hall–Kier alpha value is -3.41. The van der Waals surface area contributed by atoms with Crippen LogP contribution in [0.25, 0.3) is 10.9 Å². The molecular formula is C20H16N4O2. The number of benzene rings is 2. The fraction of sp³-hybridized carbons (Fsp3) is 0.150. The van der Waals surface area contributed by atoms with Gasteiger partial charge in [-0.1, -0.05) is 47.6 Å². The molecule has 6 nitrogen and oxygen atoms in total. The van der Waals surface area contributed by atoms with Crippen molar-refractivity contribution in [2.75, 3.05) is 5.32 Å². The van der Waals surface area contributed by atoms with Gasteiger partial charge in [0.1, 0.15) is 5.75 Å². The van der Waals surface area contributed by atoms with Gasteiger partial charge in [-0.05, 0) is 23.3 Å². The van der Waals surface area contributed by atoms with Gasteiger partial charge in [0.15, 0.2) is 6.10 Å². The highest BCUT2D eigenvalue weighted by atomic mass is 16.5. The van der Waals surface area contributed by atoms with Gasteiger partial charge in [0.05, 0.1) is 5.52 Å². The van der Waals surface area contributed by atoms with Crippen molar-refractivity contribution >= 4 is 16.9 Å². The van der Waals surface area contributed by atoms with E-state index in [0.717, 1.165) is 34.2 Å². The summed E-state index contributed by atoms with van der Waals surface area (Å²) in [6, 6.07) is 18.4. The van der Waals surface area contributed by atoms with E-state index in [4.69, 9.17) is 9.15 Å². The number of rotatable bonds is 4. The van der Waals surface area contributed by atoms with Gasteiger partial charge in [0, 0.05) is 24.5 Å². The number of nitrogens with one attached hydrogen (secondary N) is 1. The molecule has 3 heterocycles. The third-order valence-electron chi connectivity index (χ3n) is 4.51. The molecule has 2 aromatic heterocycles. The molecule has 1 aliphatic rings. The molecule has 0 amide bonds. The summed E-state index contributed by atoms with van der Waals surface area (Å²) in [4.78, 5) is 4.46. The summed E-state index contributed by atoms with van der Waals surface area (Å²) in [7, 11) is 0. The zero-order chi connectivity index (χ0) is 17.3. The van der Waals surface area contributed by atoms with Gasteiger partial charge in [0.2, 0.25) is 0 Å². The van der Waals surface area contributed by atoms with Gasteiger partial charge in [-0.3, -0.25) is 4.98 Å². The van der Waals surface area contributed by atoms with E-state index in [1.807, 2.05) is 48.5 Å². The Balaban J connectivity index is 1.31. The maximum absolute atomic E-state index is 5.89. The Bertz CT molecular complexity index is 1050. The van der Waals surface area contributed by atoms with Crippen LogP contribution in [0.1, 0.15) is 23.1 Å². The van der Waals surface area contributed by atoms with Gasteiger partial charge < -0.3 is 14.5 Å². The average Bonchev–Trinajstić information content (AvgIpc) is 3.33. The van der Waals surface area contributed by atoms with Crippen molar-refractivity contribution in [3.63, 3.8) is 0 Å². The Labute approximate surface area is 149 Å². The number of ether oxygens (including phenoxy) is 1. The van der Waals surface area contributed by atoms with E-state index in [0.29, 0.717) is 18.5 Å². The molecule has 4 aromatic rings. The van der Waals surface area contributed by atoms with Crippen molar-refractivity contribution < 1.29 is 9.15 Å². The lowest BCUT2D eigenvalue weighted by Gasteiger charge is -2.06. The summed E-state index contributed by atoms with van der Waals surface area (Å²) in [6.07, 6.45) is 2.31. The van der Waals surface area contributed by atoms with E-state index in [1.165, 1.54) is 0 Å². The third kappa shape index (κ3) is 2.65. The van der Waals surface area contributed by atoms with E-state index in [1.54, 1.807) is 6.20 Å². The summed E-state index contributed by atoms with van der Waals surface area (Å²) in [5.41, 5.74) is 3.20. The SMILES string of the molecule is c1ccc2c(c1)C[C@@H](c1nnc(NCc3cccc4cccnc34)o1)O2. The lowest BCUT2D eigenvalue weighted by atomic mass is 10.1. The smallest absolute Gasteiger partial charge is 0.315 e. The molecule has 1 atom stereocenters. The minimum Gasteiger partial charge on any atom is -0.480 e. The quantitative estimate of drug-likeness (QED) is 0.605. The van der Waals surface area contributed by atoms with Crippen molar-refractivity contribution in [1.82, 2.24) is 15.2 Å². The van der Waals surface area contributed by atoms with E-state index in [2.05, 4.69) is 26.6 Å². The van der Waals surface area contributed by atoms with Crippen LogP contribution in [0, 0.1) is 0 Å². The molecule has 1 aliphatic heterocycles. The lowest BCUT2D eigenvalue weighted by molar-refractivity contribution is 0.199. The molecular weight excluding hydrogens is 328 g/mol. The van der Waals surface area contributed by atoms with Crippen molar-refractivity contribution in [2.24, 2.45) is 0 Å². The Kier molecular flexibility index (Phi) is 3.52. The van der Waals surface area contributed by atoms with Gasteiger partial charge in [-0.15, -0.1) is 5.10 Å². The predicted molar refractivity (Wildman–Crippen MR) is 96.9 cm³/mol. The minimum atomic E-state index is -0.227. The number of para-hydroxylation sites is 2. The average molecular weight is 344 g/mol. The van der Waals surface area contributed by atoms with Gasteiger partial charge in [-0.2, -0.15) is 0 Å². The molecule has 2 aromatic carbocycles. The van der Waals surface area contributed by atoms with Crippen LogP contribution in [0.3, 0.4) is 0 Å². The molecule has 128 valence electrons. The van der Waals surface area contributed by atoms with Crippen molar-refractivity contribution in [2.45, 2.75) is 19.1 Å². The van der Waals surface area contributed by atoms with Gasteiger partial charge in [0.25, 0.3) is 5.89 Å². The van der Waals surface area contributed by atoms with Crippen LogP contribution in [0.5, 0.6) is 5.75 Å². The fourth-order valence-electron chi connectivity index (χ4n) is 3.24. The highest BCUT2D eigenvalue weighted by Gasteiger charge is 2.28. The molecule has 1 N–H and O–H groups in total. The normalized spacial score (nSPS) is 15.6. The molecule has 0 radical (unpaired) electrons. The number of hydrogen-bond donors (Lipinski definition) is 1. The van der Waals surface area contributed by atoms with Crippen LogP contribution < -0.4 is 10.1 Å². The maximum Gasteiger partial charge on any atom is 0.315 e. The first kappa shape index (κ1) is 14.9. The van der Waals surface area contributed by atoms with Crippen molar-refractivity contribution in [1.29, 1.82) is 0 Å². The van der Waals surface area contributed by atoms with E-state index in [9.17, 15) is 0 Å². The van der Waals surface area contributed by atoms with Gasteiger partial charge >= 0.3 is 6.01 Å². The predicted octanol–water partition coefficient (Wildman–Crippen LogP) is 3.91. The summed E-state index contributed by atoms with van der Waals surface area (Å²) in [5, 5.41) is 12.5. The van der Waals surface area contributed by atoms with Crippen LogP contribution in [0.15, 0.2) is 65.2 Å². The molecule has 0 aliphatic carbocycles. The summed E-state index contributed by atoms with van der Waals surface area (Å²) in [6.45, 7) is 0.557. The summed E-state index contributed by atoms with van der Waals surface area (Å²) >= 11 is 0. The minimum absolute atomic E-state index is 0.227. The Morgan fingerprint density at radius 2 is 1.92 bits per heavy atom. The number of hydrogen-bond acceptors (Lipinski definition) is 6. The maximum atomic E-state index is 5.89. The Morgan fingerprint density at radius 1 is 1.00 bits per heavy atom. The molecule has 0 bridgehead atoms. The number of aromatic nitrogens is 3. The number of anilines is 1. The molecule has 0 spiro atoms. The first-order valence-electron chi connectivity index (χ1n) is 8.51. The highest BCUT2D eigenvalue weighted by molar-refractivity contribution is 5.81.